The highest BCUT2D eigenvalue weighted by atomic mass is 16.6. The van der Waals surface area contributed by atoms with E-state index in [2.05, 4.69) is 17.4 Å². The highest BCUT2D eigenvalue weighted by Crippen LogP contribution is 2.22. The van der Waals surface area contributed by atoms with Crippen LogP contribution in [0.15, 0.2) is 54.6 Å². The predicted molar refractivity (Wildman–Crippen MR) is 125 cm³/mol. The number of rotatable bonds is 7. The molecule has 1 fully saturated rings. The van der Waals surface area contributed by atoms with Crippen molar-refractivity contribution in [3.05, 3.63) is 65.7 Å². The van der Waals surface area contributed by atoms with Crippen molar-refractivity contribution in [2.75, 3.05) is 26.2 Å². The summed E-state index contributed by atoms with van der Waals surface area (Å²) in [6.45, 7) is 7.49. The molecule has 0 unspecified atom stereocenters. The van der Waals surface area contributed by atoms with E-state index in [4.69, 9.17) is 9.47 Å². The summed E-state index contributed by atoms with van der Waals surface area (Å²) in [5.74, 6) is 1.10. The number of amides is 2. The van der Waals surface area contributed by atoms with Crippen LogP contribution in [0, 0.1) is 5.92 Å². The summed E-state index contributed by atoms with van der Waals surface area (Å²) >= 11 is 0. The molecule has 0 atom stereocenters. The van der Waals surface area contributed by atoms with Gasteiger partial charge in [0.1, 0.15) is 11.4 Å². The van der Waals surface area contributed by atoms with Crippen molar-refractivity contribution in [3.8, 4) is 5.75 Å². The maximum absolute atomic E-state index is 12.7. The number of carbonyl (C=O) groups excluding carboxylic acids is 2. The van der Waals surface area contributed by atoms with Gasteiger partial charge in [0.25, 0.3) is 5.91 Å². The van der Waals surface area contributed by atoms with E-state index in [0.717, 1.165) is 30.6 Å². The number of benzene rings is 2. The third-order valence-electron chi connectivity index (χ3n) is 5.46. The smallest absolute Gasteiger partial charge is 0.407 e. The lowest BCUT2D eigenvalue weighted by molar-refractivity contribution is -0.134. The van der Waals surface area contributed by atoms with E-state index in [1.807, 2.05) is 68.1 Å². The van der Waals surface area contributed by atoms with Gasteiger partial charge in [-0.15, -0.1) is 0 Å². The molecule has 1 aliphatic heterocycles. The number of ether oxygens (including phenoxy) is 2. The molecule has 6 nitrogen and oxygen atoms in total. The second kappa shape index (κ2) is 11.0. The van der Waals surface area contributed by atoms with Crippen molar-refractivity contribution < 1.29 is 19.1 Å². The van der Waals surface area contributed by atoms with Gasteiger partial charge in [0.2, 0.25) is 0 Å². The average Bonchev–Trinajstić information content (AvgIpc) is 2.77. The van der Waals surface area contributed by atoms with E-state index < -0.39 is 11.7 Å². The molecule has 1 aliphatic rings. The molecule has 0 radical (unpaired) electrons. The zero-order valence-electron chi connectivity index (χ0n) is 19.3. The lowest BCUT2D eigenvalue weighted by atomic mass is 9.97. The number of piperidine rings is 1. The summed E-state index contributed by atoms with van der Waals surface area (Å²) in [6, 6.07) is 18.1. The van der Waals surface area contributed by atoms with Gasteiger partial charge in [-0.3, -0.25) is 4.79 Å². The van der Waals surface area contributed by atoms with Crippen LogP contribution in [0.1, 0.15) is 44.7 Å². The first-order valence-corrected chi connectivity index (χ1v) is 11.3. The lowest BCUT2D eigenvalue weighted by Gasteiger charge is -2.32. The van der Waals surface area contributed by atoms with Crippen LogP contribution >= 0.6 is 0 Å². The molecule has 1 heterocycles. The van der Waals surface area contributed by atoms with Gasteiger partial charge in [-0.25, -0.2) is 4.79 Å². The van der Waals surface area contributed by atoms with Crippen LogP contribution in [-0.2, 0) is 16.0 Å². The molecule has 3 rings (SSSR count). The molecular formula is C26H34N2O4. The minimum Gasteiger partial charge on any atom is -0.483 e. The standard InChI is InChI=1S/C26H34N2O4/c1-26(2,3)32-25(30)27-18-21-13-15-28(16-14-21)24(29)19-31-23-12-8-7-11-22(23)17-20-9-5-4-6-10-20/h4-12,21H,13-19H2,1-3H3,(H,27,30). The van der Waals surface area contributed by atoms with Gasteiger partial charge in [0.15, 0.2) is 6.61 Å². The van der Waals surface area contributed by atoms with Crippen LogP contribution in [0.5, 0.6) is 5.75 Å². The Morgan fingerprint density at radius 1 is 1.00 bits per heavy atom. The first-order valence-electron chi connectivity index (χ1n) is 11.3. The van der Waals surface area contributed by atoms with E-state index in [0.29, 0.717) is 25.6 Å². The second-order valence-corrected chi connectivity index (χ2v) is 9.27. The number of nitrogens with one attached hydrogen (secondary N) is 1. The molecule has 0 aromatic heterocycles. The van der Waals surface area contributed by atoms with Crippen molar-refractivity contribution in [2.24, 2.45) is 5.92 Å². The molecule has 0 saturated carbocycles. The molecule has 0 spiro atoms. The SMILES string of the molecule is CC(C)(C)OC(=O)NCC1CCN(C(=O)COc2ccccc2Cc2ccccc2)CC1. The summed E-state index contributed by atoms with van der Waals surface area (Å²) in [6.07, 6.45) is 2.08. The summed E-state index contributed by atoms with van der Waals surface area (Å²) in [5.41, 5.74) is 1.77. The van der Waals surface area contributed by atoms with E-state index in [9.17, 15) is 9.59 Å². The summed E-state index contributed by atoms with van der Waals surface area (Å²) < 4.78 is 11.2. The molecular weight excluding hydrogens is 404 g/mol. The molecule has 32 heavy (non-hydrogen) atoms. The Morgan fingerprint density at radius 3 is 2.34 bits per heavy atom. The molecule has 2 amide bonds. The minimum absolute atomic E-state index is 0.00179. The van der Waals surface area contributed by atoms with Gasteiger partial charge in [0.05, 0.1) is 0 Å². The molecule has 1 N–H and O–H groups in total. The van der Waals surface area contributed by atoms with E-state index >= 15 is 0 Å². The highest BCUT2D eigenvalue weighted by molar-refractivity contribution is 5.78. The fourth-order valence-electron chi connectivity index (χ4n) is 3.77. The quantitative estimate of drug-likeness (QED) is 0.695. The molecule has 0 bridgehead atoms. The van der Waals surface area contributed by atoms with Crippen LogP contribution in [-0.4, -0.2) is 48.7 Å². The van der Waals surface area contributed by atoms with Gasteiger partial charge >= 0.3 is 6.09 Å². The maximum Gasteiger partial charge on any atom is 0.407 e. The number of carbonyl (C=O) groups is 2. The number of likely N-dealkylation sites (tertiary alicyclic amines) is 1. The van der Waals surface area contributed by atoms with Crippen molar-refractivity contribution in [3.63, 3.8) is 0 Å². The third kappa shape index (κ3) is 7.59. The van der Waals surface area contributed by atoms with Gasteiger partial charge < -0.3 is 19.7 Å². The fourth-order valence-corrected chi connectivity index (χ4v) is 3.77. The lowest BCUT2D eigenvalue weighted by Crippen LogP contribution is -2.43. The first-order chi connectivity index (χ1) is 15.3. The van der Waals surface area contributed by atoms with E-state index in [-0.39, 0.29) is 12.5 Å². The van der Waals surface area contributed by atoms with Gasteiger partial charge in [-0.1, -0.05) is 48.5 Å². The number of alkyl carbamates (subject to hydrolysis) is 1. The zero-order valence-corrected chi connectivity index (χ0v) is 19.3. The number of hydrogen-bond acceptors (Lipinski definition) is 4. The van der Waals surface area contributed by atoms with Crippen LogP contribution < -0.4 is 10.1 Å². The van der Waals surface area contributed by atoms with Crippen LogP contribution in [0.25, 0.3) is 0 Å². The topological polar surface area (TPSA) is 67.9 Å². The third-order valence-corrected chi connectivity index (χ3v) is 5.46. The number of hydrogen-bond donors (Lipinski definition) is 1. The van der Waals surface area contributed by atoms with Gasteiger partial charge in [-0.2, -0.15) is 0 Å². The monoisotopic (exact) mass is 438 g/mol. The van der Waals surface area contributed by atoms with E-state index in [1.54, 1.807) is 0 Å². The molecule has 2 aromatic carbocycles. The Hall–Kier alpha value is -3.02. The summed E-state index contributed by atoms with van der Waals surface area (Å²) in [5, 5.41) is 2.84. The van der Waals surface area contributed by atoms with Crippen LogP contribution in [0.2, 0.25) is 0 Å². The van der Waals surface area contributed by atoms with Crippen molar-refractivity contribution >= 4 is 12.0 Å². The molecule has 2 aromatic rings. The molecule has 172 valence electrons. The number of para-hydroxylation sites is 1. The Balaban J connectivity index is 1.43. The Kier molecular flexibility index (Phi) is 8.14. The maximum atomic E-state index is 12.7. The Bertz CT molecular complexity index is 884. The van der Waals surface area contributed by atoms with Crippen molar-refractivity contribution in [1.29, 1.82) is 0 Å². The van der Waals surface area contributed by atoms with Crippen LogP contribution in [0.4, 0.5) is 4.79 Å². The van der Waals surface area contributed by atoms with Gasteiger partial charge in [-0.05, 0) is 56.7 Å². The summed E-state index contributed by atoms with van der Waals surface area (Å²) in [7, 11) is 0. The minimum atomic E-state index is -0.500. The molecule has 6 heteroatoms. The predicted octanol–water partition coefficient (Wildman–Crippen LogP) is 4.42. The van der Waals surface area contributed by atoms with E-state index in [1.165, 1.54) is 5.56 Å². The highest BCUT2D eigenvalue weighted by Gasteiger charge is 2.24. The van der Waals surface area contributed by atoms with Gasteiger partial charge in [0, 0.05) is 26.1 Å². The van der Waals surface area contributed by atoms with Crippen molar-refractivity contribution in [2.45, 2.75) is 45.6 Å². The molecule has 0 aliphatic carbocycles. The summed E-state index contributed by atoms with van der Waals surface area (Å²) in [4.78, 5) is 26.4. The molecule has 1 saturated heterocycles. The zero-order chi connectivity index (χ0) is 23.0. The average molecular weight is 439 g/mol. The van der Waals surface area contributed by atoms with Crippen molar-refractivity contribution in [1.82, 2.24) is 10.2 Å². The fraction of sp³-hybridized carbons (Fsp3) is 0.462. The second-order valence-electron chi connectivity index (χ2n) is 9.27. The first kappa shape index (κ1) is 23.6. The van der Waals surface area contributed by atoms with Crippen LogP contribution in [0.3, 0.4) is 0 Å². The number of nitrogens with zero attached hydrogens (tertiary/aromatic N) is 1. The largest absolute Gasteiger partial charge is 0.483 e. The normalized spacial score (nSPS) is 14.7. The Labute approximate surface area is 190 Å². The Morgan fingerprint density at radius 2 is 1.66 bits per heavy atom.